The van der Waals surface area contributed by atoms with Crippen molar-refractivity contribution in [1.82, 2.24) is 4.90 Å². The second kappa shape index (κ2) is 27.8. The van der Waals surface area contributed by atoms with E-state index in [0.29, 0.717) is 19.5 Å². The van der Waals surface area contributed by atoms with Gasteiger partial charge in [-0.3, -0.25) is 4.79 Å². The minimum absolute atomic E-state index is 0.0305. The van der Waals surface area contributed by atoms with Gasteiger partial charge in [0, 0.05) is 32.4 Å². The Labute approximate surface area is 211 Å². The monoisotopic (exact) mass is 475 g/mol. The van der Waals surface area contributed by atoms with Crippen LogP contribution < -0.4 is 0 Å². The number of nitrogens with zero attached hydrogens (tertiary/aromatic N) is 1. The van der Waals surface area contributed by atoms with Crippen molar-refractivity contribution >= 4 is 5.91 Å². The number of unbranched alkanes of at least 4 members (excludes halogenated alkanes) is 17. The van der Waals surface area contributed by atoms with Crippen molar-refractivity contribution < 1.29 is 15.0 Å². The average molecular weight is 476 g/mol. The molecule has 0 radical (unpaired) electrons. The maximum Gasteiger partial charge on any atom is 0.222 e. The van der Waals surface area contributed by atoms with Crippen LogP contribution in [-0.2, 0) is 4.79 Å². The van der Waals surface area contributed by atoms with Crippen molar-refractivity contribution in [2.45, 2.75) is 135 Å². The first-order chi connectivity index (χ1) is 16.8. The van der Waals surface area contributed by atoms with Crippen LogP contribution in [0.2, 0.25) is 0 Å². The van der Waals surface area contributed by atoms with Crippen molar-refractivity contribution in [2.24, 2.45) is 0 Å². The molecule has 1 amide bonds. The third-order valence-corrected chi connectivity index (χ3v) is 6.18. The summed E-state index contributed by atoms with van der Waals surface area (Å²) in [6.07, 6.45) is 24.0. The first-order valence-electron chi connectivity index (χ1n) is 14.2. The van der Waals surface area contributed by atoms with E-state index in [4.69, 9.17) is 10.2 Å². The summed E-state index contributed by atoms with van der Waals surface area (Å²) < 4.78 is 0. The fourth-order valence-electron chi connectivity index (χ4n) is 4.05. The molecule has 0 fully saturated rings. The number of amides is 1. The molecule has 0 heterocycles. The van der Waals surface area contributed by atoms with Crippen LogP contribution >= 0.6 is 0 Å². The number of carbonyl (C=O) groups is 1. The van der Waals surface area contributed by atoms with E-state index in [1.54, 1.807) is 4.90 Å². The standard InChI is InChI=1S/C30H53NO3/c1-2-3-4-5-6-7-8-9-10-11-12-13-14-15-16-17-18-19-20-21-22-23-24-25-30(34)31(26-28-32)27-29-33/h32-33H,2-13,18-29H2,1H3. The van der Waals surface area contributed by atoms with Gasteiger partial charge in [0.05, 0.1) is 13.2 Å². The normalized spacial score (nSPS) is 10.3. The largest absolute Gasteiger partial charge is 0.395 e. The molecule has 0 saturated heterocycles. The number of aliphatic hydroxyl groups excluding tert-OH is 2. The molecule has 2 N–H and O–H groups in total. The summed E-state index contributed by atoms with van der Waals surface area (Å²) in [5.74, 6) is 12.4. The Bertz CT molecular complexity index is 561. The van der Waals surface area contributed by atoms with Gasteiger partial charge in [0.25, 0.3) is 0 Å². The number of hydrogen-bond acceptors (Lipinski definition) is 3. The minimum atomic E-state index is -0.0559. The van der Waals surface area contributed by atoms with E-state index in [1.165, 1.54) is 83.5 Å². The average Bonchev–Trinajstić information content (AvgIpc) is 2.84. The fourth-order valence-corrected chi connectivity index (χ4v) is 4.05. The zero-order valence-electron chi connectivity index (χ0n) is 22.2. The molecule has 0 aliphatic rings. The molecule has 34 heavy (non-hydrogen) atoms. The molecule has 0 bridgehead atoms. The van der Waals surface area contributed by atoms with Gasteiger partial charge in [-0.15, -0.1) is 0 Å². The van der Waals surface area contributed by atoms with Crippen LogP contribution in [0.4, 0.5) is 0 Å². The summed E-state index contributed by atoms with van der Waals surface area (Å²) >= 11 is 0. The van der Waals surface area contributed by atoms with Crippen LogP contribution in [0.3, 0.4) is 0 Å². The van der Waals surface area contributed by atoms with Crippen molar-refractivity contribution in [3.05, 3.63) is 0 Å². The third kappa shape index (κ3) is 23.7. The van der Waals surface area contributed by atoms with Crippen molar-refractivity contribution in [3.8, 4) is 23.7 Å². The first-order valence-corrected chi connectivity index (χ1v) is 14.2. The molecule has 0 rings (SSSR count). The zero-order chi connectivity index (χ0) is 25.0. The molecular formula is C30H53NO3. The molecule has 4 nitrogen and oxygen atoms in total. The van der Waals surface area contributed by atoms with Gasteiger partial charge >= 0.3 is 0 Å². The van der Waals surface area contributed by atoms with Gasteiger partial charge in [-0.1, -0.05) is 109 Å². The molecule has 0 unspecified atom stereocenters. The maximum atomic E-state index is 12.0. The highest BCUT2D eigenvalue weighted by Gasteiger charge is 2.11. The fraction of sp³-hybridized carbons (Fsp3) is 0.833. The quantitative estimate of drug-likeness (QED) is 0.129. The van der Waals surface area contributed by atoms with E-state index in [0.717, 1.165) is 38.5 Å². The van der Waals surface area contributed by atoms with Crippen LogP contribution in [0, 0.1) is 23.7 Å². The lowest BCUT2D eigenvalue weighted by atomic mass is 10.1. The lowest BCUT2D eigenvalue weighted by Crippen LogP contribution is -2.35. The molecule has 0 atom stereocenters. The Morgan fingerprint density at radius 3 is 1.38 bits per heavy atom. The molecular weight excluding hydrogens is 422 g/mol. The number of rotatable bonds is 23. The first kappa shape index (κ1) is 32.5. The van der Waals surface area contributed by atoms with E-state index in [9.17, 15) is 4.79 Å². The molecule has 0 aromatic rings. The molecule has 0 aromatic heterocycles. The molecule has 0 aromatic carbocycles. The molecule has 0 aliphatic carbocycles. The number of carbonyl (C=O) groups excluding carboxylic acids is 1. The molecule has 196 valence electrons. The van der Waals surface area contributed by atoms with Crippen molar-refractivity contribution in [1.29, 1.82) is 0 Å². The summed E-state index contributed by atoms with van der Waals surface area (Å²) in [6, 6.07) is 0. The summed E-state index contributed by atoms with van der Waals surface area (Å²) in [7, 11) is 0. The number of aliphatic hydroxyl groups is 2. The highest BCUT2D eigenvalue weighted by Crippen LogP contribution is 2.12. The predicted octanol–water partition coefficient (Wildman–Crippen LogP) is 6.63. The van der Waals surface area contributed by atoms with Gasteiger partial charge in [0.2, 0.25) is 5.91 Å². The van der Waals surface area contributed by atoms with E-state index < -0.39 is 0 Å². The van der Waals surface area contributed by atoms with Crippen LogP contribution in [0.1, 0.15) is 135 Å². The smallest absolute Gasteiger partial charge is 0.222 e. The van der Waals surface area contributed by atoms with Gasteiger partial charge in [0.1, 0.15) is 0 Å². The minimum Gasteiger partial charge on any atom is -0.395 e. The molecule has 0 aliphatic heterocycles. The van der Waals surface area contributed by atoms with Crippen LogP contribution in [0.25, 0.3) is 0 Å². The van der Waals surface area contributed by atoms with Gasteiger partial charge in [-0.2, -0.15) is 0 Å². The highest BCUT2D eigenvalue weighted by atomic mass is 16.3. The lowest BCUT2D eigenvalue weighted by Gasteiger charge is -2.20. The molecule has 4 heteroatoms. The van der Waals surface area contributed by atoms with Gasteiger partial charge < -0.3 is 15.1 Å². The highest BCUT2D eigenvalue weighted by molar-refractivity contribution is 5.76. The van der Waals surface area contributed by atoms with Crippen molar-refractivity contribution in [3.63, 3.8) is 0 Å². The third-order valence-electron chi connectivity index (χ3n) is 6.18. The van der Waals surface area contributed by atoms with E-state index >= 15 is 0 Å². The van der Waals surface area contributed by atoms with E-state index in [-0.39, 0.29) is 19.1 Å². The maximum absolute atomic E-state index is 12.0. The molecule has 0 spiro atoms. The van der Waals surface area contributed by atoms with Crippen LogP contribution in [0.5, 0.6) is 0 Å². The number of hydrogen-bond donors (Lipinski definition) is 2. The Hall–Kier alpha value is -1.49. The summed E-state index contributed by atoms with van der Waals surface area (Å²) in [5, 5.41) is 18.0. The van der Waals surface area contributed by atoms with Crippen LogP contribution in [0.15, 0.2) is 0 Å². The second-order valence-corrected chi connectivity index (χ2v) is 9.34. The molecule has 0 saturated carbocycles. The Kier molecular flexibility index (Phi) is 26.5. The van der Waals surface area contributed by atoms with E-state index in [1.807, 2.05) is 0 Å². The predicted molar refractivity (Wildman–Crippen MR) is 144 cm³/mol. The van der Waals surface area contributed by atoms with Crippen molar-refractivity contribution in [2.75, 3.05) is 26.3 Å². The lowest BCUT2D eigenvalue weighted by molar-refractivity contribution is -0.132. The van der Waals surface area contributed by atoms with Gasteiger partial charge in [-0.25, -0.2) is 0 Å². The van der Waals surface area contributed by atoms with E-state index in [2.05, 4.69) is 30.6 Å². The zero-order valence-corrected chi connectivity index (χ0v) is 22.2. The Morgan fingerprint density at radius 2 is 0.971 bits per heavy atom. The van der Waals surface area contributed by atoms with Gasteiger partial charge in [-0.05, 0) is 31.1 Å². The Morgan fingerprint density at radius 1 is 0.588 bits per heavy atom. The SMILES string of the molecule is CCCCCCCCCCCCCC#CC#CCCCCCCCCC(=O)N(CCO)CCO. The van der Waals surface area contributed by atoms with Crippen LogP contribution in [-0.4, -0.2) is 47.3 Å². The summed E-state index contributed by atoms with van der Waals surface area (Å²) in [4.78, 5) is 13.6. The van der Waals surface area contributed by atoms with Gasteiger partial charge in [0.15, 0.2) is 0 Å². The second-order valence-electron chi connectivity index (χ2n) is 9.34. The summed E-state index contributed by atoms with van der Waals surface area (Å²) in [6.45, 7) is 2.78. The Balaban J connectivity index is 3.42. The topological polar surface area (TPSA) is 60.8 Å². The summed E-state index contributed by atoms with van der Waals surface area (Å²) in [5.41, 5.74) is 0.